The lowest BCUT2D eigenvalue weighted by Gasteiger charge is -2.36. The van der Waals surface area contributed by atoms with Gasteiger partial charge in [-0.05, 0) is 115 Å². The van der Waals surface area contributed by atoms with E-state index in [1.165, 1.54) is 44.5 Å². The zero-order chi connectivity index (χ0) is 31.4. The van der Waals surface area contributed by atoms with Gasteiger partial charge in [-0.15, -0.1) is 0 Å². The molecule has 11 heteroatoms. The lowest BCUT2D eigenvalue weighted by atomic mass is 9.77. The quantitative estimate of drug-likeness (QED) is 0.200. The molecule has 0 amide bonds. The molecule has 45 heavy (non-hydrogen) atoms. The molecule has 9 nitrogen and oxygen atoms in total. The first-order valence-electron chi connectivity index (χ1n) is 17.0. The van der Waals surface area contributed by atoms with Crippen molar-refractivity contribution in [3.05, 3.63) is 36.0 Å². The highest BCUT2D eigenvalue weighted by molar-refractivity contribution is 5.76. The Morgan fingerprint density at radius 2 is 1.73 bits per heavy atom. The highest BCUT2D eigenvalue weighted by Gasteiger charge is 2.32. The predicted octanol–water partition coefficient (Wildman–Crippen LogP) is 6.82. The Morgan fingerprint density at radius 1 is 0.978 bits per heavy atom. The molecule has 3 fully saturated rings. The van der Waals surface area contributed by atoms with E-state index in [1.54, 1.807) is 6.20 Å². The molecule has 246 valence electrons. The van der Waals surface area contributed by atoms with Gasteiger partial charge >= 0.3 is 0 Å². The van der Waals surface area contributed by atoms with Crippen molar-refractivity contribution in [2.45, 2.75) is 102 Å². The molecule has 0 spiro atoms. The minimum atomic E-state index is -0.672. The number of anilines is 3. The Balaban J connectivity index is 1.15. The Bertz CT molecular complexity index is 1410. The molecule has 1 aliphatic heterocycles. The first kappa shape index (κ1) is 32.1. The monoisotopic (exact) mass is 625 g/mol. The summed E-state index contributed by atoms with van der Waals surface area (Å²) in [4.78, 5) is 16.8. The molecule has 1 saturated heterocycles. The molecule has 6 rings (SSSR count). The summed E-state index contributed by atoms with van der Waals surface area (Å²) in [5.41, 5.74) is 0.820. The second-order valence-electron chi connectivity index (χ2n) is 14.0. The number of likely N-dealkylation sites (tertiary alicyclic amines) is 1. The highest BCUT2D eigenvalue weighted by atomic mass is 19.1. The third-order valence-electron chi connectivity index (χ3n) is 10.2. The SMILES string of the molecule is CC(C)(O)C1CCC(Nc2ncc3nc(Nc4ccc(F)cc4F)n(C4CCC(COCCN5CCCCC5)CC4)c3n2)CC1. The van der Waals surface area contributed by atoms with Gasteiger partial charge in [0.15, 0.2) is 5.65 Å². The van der Waals surface area contributed by atoms with Crippen molar-refractivity contribution in [3.8, 4) is 0 Å². The van der Waals surface area contributed by atoms with Crippen LogP contribution in [0.1, 0.15) is 90.5 Å². The van der Waals surface area contributed by atoms with Crippen molar-refractivity contribution in [2.75, 3.05) is 43.5 Å². The van der Waals surface area contributed by atoms with Crippen LogP contribution in [0, 0.1) is 23.5 Å². The van der Waals surface area contributed by atoms with Crippen LogP contribution in [0.2, 0.25) is 0 Å². The predicted molar refractivity (Wildman–Crippen MR) is 173 cm³/mol. The van der Waals surface area contributed by atoms with E-state index in [-0.39, 0.29) is 23.7 Å². The maximum absolute atomic E-state index is 14.7. The van der Waals surface area contributed by atoms with Crippen molar-refractivity contribution in [3.63, 3.8) is 0 Å². The average molecular weight is 626 g/mol. The first-order valence-corrected chi connectivity index (χ1v) is 17.0. The van der Waals surface area contributed by atoms with Crippen molar-refractivity contribution < 1.29 is 18.6 Å². The van der Waals surface area contributed by atoms with Gasteiger partial charge in [0, 0.05) is 31.3 Å². The van der Waals surface area contributed by atoms with E-state index in [2.05, 4.69) is 25.1 Å². The van der Waals surface area contributed by atoms with E-state index in [0.717, 1.165) is 77.2 Å². The summed E-state index contributed by atoms with van der Waals surface area (Å²) in [6.07, 6.45) is 13.3. The summed E-state index contributed by atoms with van der Waals surface area (Å²) in [5, 5.41) is 17.1. The number of halogens is 2. The molecule has 3 aliphatic rings. The van der Waals surface area contributed by atoms with Crippen molar-refractivity contribution in [1.29, 1.82) is 0 Å². The number of benzene rings is 1. The number of nitrogens with zero attached hydrogens (tertiary/aromatic N) is 5. The lowest BCUT2D eigenvalue weighted by molar-refractivity contribution is -0.000415. The maximum Gasteiger partial charge on any atom is 0.224 e. The van der Waals surface area contributed by atoms with Gasteiger partial charge in [0.25, 0.3) is 0 Å². The Kier molecular flexibility index (Phi) is 10.2. The van der Waals surface area contributed by atoms with Gasteiger partial charge in [0.1, 0.15) is 17.2 Å². The van der Waals surface area contributed by atoms with E-state index >= 15 is 0 Å². The average Bonchev–Trinajstić information content (AvgIpc) is 3.38. The normalized spacial score (nSPS) is 25.0. The van der Waals surface area contributed by atoms with Gasteiger partial charge in [0.05, 0.1) is 24.1 Å². The van der Waals surface area contributed by atoms with Crippen LogP contribution in [-0.4, -0.2) is 74.0 Å². The Hall–Kier alpha value is -2.89. The zero-order valence-corrected chi connectivity index (χ0v) is 26.8. The van der Waals surface area contributed by atoms with Gasteiger partial charge in [-0.2, -0.15) is 4.98 Å². The van der Waals surface area contributed by atoms with Crippen LogP contribution in [0.5, 0.6) is 0 Å². The molecule has 2 saturated carbocycles. The van der Waals surface area contributed by atoms with Crippen LogP contribution >= 0.6 is 0 Å². The second-order valence-corrected chi connectivity index (χ2v) is 14.0. The first-order chi connectivity index (χ1) is 21.7. The molecular weight excluding hydrogens is 576 g/mol. The van der Waals surface area contributed by atoms with Crippen molar-refractivity contribution >= 4 is 28.7 Å². The molecular formula is C34H49F2N7O2. The minimum Gasteiger partial charge on any atom is -0.390 e. The standard InChI is InChI=1S/C34H49F2N7O2/c1-34(2,44)24-8-11-26(12-9-24)38-32-37-21-30-31(41-32)43(33(40-30)39-29-15-10-25(35)20-28(29)36)27-13-6-23(7-14-27)22-45-19-18-42-16-4-3-5-17-42/h10,15,20-21,23-24,26-27,44H,3-9,11-14,16-19,22H2,1-2H3,(H,39,40)(H,37,38,41). The summed E-state index contributed by atoms with van der Waals surface area (Å²) < 4.78 is 36.6. The Labute approximate surface area is 265 Å². The number of hydrogen-bond donors (Lipinski definition) is 3. The molecule has 0 radical (unpaired) electrons. The van der Waals surface area contributed by atoms with Crippen molar-refractivity contribution in [2.24, 2.45) is 11.8 Å². The maximum atomic E-state index is 14.7. The molecule has 2 aromatic heterocycles. The summed E-state index contributed by atoms with van der Waals surface area (Å²) in [6, 6.07) is 3.86. The summed E-state index contributed by atoms with van der Waals surface area (Å²) in [6.45, 7) is 8.75. The molecule has 3 heterocycles. The summed E-state index contributed by atoms with van der Waals surface area (Å²) in [7, 11) is 0. The zero-order valence-electron chi connectivity index (χ0n) is 26.8. The molecule has 0 bridgehead atoms. The van der Waals surface area contributed by atoms with Crippen LogP contribution in [0.15, 0.2) is 24.4 Å². The number of nitrogens with one attached hydrogen (secondary N) is 2. The Morgan fingerprint density at radius 3 is 2.44 bits per heavy atom. The van der Waals surface area contributed by atoms with Gasteiger partial charge < -0.3 is 25.4 Å². The number of aliphatic hydroxyl groups is 1. The van der Waals surface area contributed by atoms with Gasteiger partial charge in [0.2, 0.25) is 11.9 Å². The highest BCUT2D eigenvalue weighted by Crippen LogP contribution is 2.38. The molecule has 3 N–H and O–H groups in total. The van der Waals surface area contributed by atoms with E-state index in [0.29, 0.717) is 29.0 Å². The third kappa shape index (κ3) is 8.10. The number of piperidine rings is 1. The fourth-order valence-electron chi connectivity index (χ4n) is 7.43. The number of imidazole rings is 1. The number of rotatable bonds is 11. The number of aromatic nitrogens is 4. The van der Waals surface area contributed by atoms with Crippen LogP contribution < -0.4 is 10.6 Å². The minimum absolute atomic E-state index is 0.121. The topological polar surface area (TPSA) is 100 Å². The van der Waals surface area contributed by atoms with Gasteiger partial charge in [-0.1, -0.05) is 6.42 Å². The number of fused-ring (bicyclic) bond motifs is 1. The van der Waals surface area contributed by atoms with Crippen LogP contribution in [0.4, 0.5) is 26.4 Å². The number of ether oxygens (including phenoxy) is 1. The van der Waals surface area contributed by atoms with Crippen LogP contribution in [0.25, 0.3) is 11.2 Å². The van der Waals surface area contributed by atoms with E-state index in [4.69, 9.17) is 14.7 Å². The summed E-state index contributed by atoms with van der Waals surface area (Å²) in [5.74, 6) is 0.528. The second kappa shape index (κ2) is 14.3. The summed E-state index contributed by atoms with van der Waals surface area (Å²) >= 11 is 0. The van der Waals surface area contributed by atoms with E-state index < -0.39 is 17.2 Å². The molecule has 1 aromatic carbocycles. The molecule has 0 atom stereocenters. The number of hydrogen-bond acceptors (Lipinski definition) is 8. The largest absolute Gasteiger partial charge is 0.390 e. The molecule has 3 aromatic rings. The van der Waals surface area contributed by atoms with Crippen molar-refractivity contribution in [1.82, 2.24) is 24.4 Å². The lowest BCUT2D eigenvalue weighted by Crippen LogP contribution is -2.37. The molecule has 2 aliphatic carbocycles. The van der Waals surface area contributed by atoms with Crippen LogP contribution in [0.3, 0.4) is 0 Å². The van der Waals surface area contributed by atoms with Crippen LogP contribution in [-0.2, 0) is 4.74 Å². The van der Waals surface area contributed by atoms with E-state index in [9.17, 15) is 13.9 Å². The molecule has 0 unspecified atom stereocenters. The fourth-order valence-corrected chi connectivity index (χ4v) is 7.43. The third-order valence-corrected chi connectivity index (χ3v) is 10.2. The van der Waals surface area contributed by atoms with E-state index in [1.807, 2.05) is 13.8 Å². The smallest absolute Gasteiger partial charge is 0.224 e. The van der Waals surface area contributed by atoms with Gasteiger partial charge in [-0.3, -0.25) is 4.57 Å². The van der Waals surface area contributed by atoms with Gasteiger partial charge in [-0.25, -0.2) is 18.7 Å². The fraction of sp³-hybridized carbons (Fsp3) is 0.676.